The van der Waals surface area contributed by atoms with Gasteiger partial charge in [-0.1, -0.05) is 291 Å². The smallest absolute Gasteiger partial charge is 0.306 e. The van der Waals surface area contributed by atoms with Crippen LogP contribution in [-0.2, 0) is 28.6 Å². The number of allylic oxidation sites excluding steroid dienone is 18. The van der Waals surface area contributed by atoms with E-state index in [2.05, 4.69) is 130 Å². The van der Waals surface area contributed by atoms with Crippen LogP contribution in [0.4, 0.5) is 0 Å². The zero-order chi connectivity index (χ0) is 58.5. The predicted octanol–water partition coefficient (Wildman–Crippen LogP) is 23.8. The Hall–Kier alpha value is -3.93. The molecule has 1 atom stereocenters. The van der Waals surface area contributed by atoms with Crippen molar-refractivity contribution in [3.8, 4) is 0 Å². The van der Waals surface area contributed by atoms with Crippen molar-refractivity contribution in [2.24, 2.45) is 0 Å². The average Bonchev–Trinajstić information content (AvgIpc) is 3.47. The molecule has 0 fully saturated rings. The van der Waals surface area contributed by atoms with Crippen molar-refractivity contribution in [1.29, 1.82) is 0 Å². The molecule has 0 saturated carbocycles. The summed E-state index contributed by atoms with van der Waals surface area (Å²) in [5.41, 5.74) is 0. The van der Waals surface area contributed by atoms with Gasteiger partial charge in [0.1, 0.15) is 13.2 Å². The van der Waals surface area contributed by atoms with Gasteiger partial charge in [0.2, 0.25) is 0 Å². The maximum absolute atomic E-state index is 13.0. The summed E-state index contributed by atoms with van der Waals surface area (Å²) in [5, 5.41) is 0. The van der Waals surface area contributed by atoms with Crippen LogP contribution in [0.15, 0.2) is 109 Å². The molecule has 6 heteroatoms. The molecular formula is C75H128O6. The van der Waals surface area contributed by atoms with Gasteiger partial charge in [-0.3, -0.25) is 14.4 Å². The van der Waals surface area contributed by atoms with Crippen LogP contribution in [-0.4, -0.2) is 37.2 Å². The lowest BCUT2D eigenvalue weighted by atomic mass is 10.1. The lowest BCUT2D eigenvalue weighted by molar-refractivity contribution is -0.167. The number of ether oxygens (including phenoxy) is 3. The Morgan fingerprint density at radius 1 is 0.259 bits per heavy atom. The van der Waals surface area contributed by atoms with Gasteiger partial charge in [-0.05, 0) is 128 Å². The highest BCUT2D eigenvalue weighted by atomic mass is 16.6. The van der Waals surface area contributed by atoms with Gasteiger partial charge in [-0.2, -0.15) is 0 Å². The SMILES string of the molecule is CC/C=C\C/C=C\C/C=C\C/C=C\C/C=C\CCCCCCCC(=O)OC(COC(=O)CCCCCCCCCC/C=C\C/C=C\C/C=C\CCCCCCC)COC(=O)CCCCCCCCCCC/C=C\CCCCCCCC. The molecule has 0 saturated heterocycles. The molecule has 0 aromatic carbocycles. The average molecular weight is 1130 g/mol. The van der Waals surface area contributed by atoms with E-state index in [1.54, 1.807) is 0 Å². The topological polar surface area (TPSA) is 78.9 Å². The fraction of sp³-hybridized carbons (Fsp3) is 0.720. The van der Waals surface area contributed by atoms with Gasteiger partial charge in [0.05, 0.1) is 0 Å². The van der Waals surface area contributed by atoms with Crippen LogP contribution in [0, 0.1) is 0 Å². The van der Waals surface area contributed by atoms with Crippen molar-refractivity contribution >= 4 is 17.9 Å². The van der Waals surface area contributed by atoms with Crippen LogP contribution in [0.1, 0.15) is 329 Å². The Bertz CT molecular complexity index is 1620. The van der Waals surface area contributed by atoms with Crippen LogP contribution < -0.4 is 0 Å². The first-order valence-electron chi connectivity index (χ1n) is 34.4. The molecular weight excluding hydrogens is 997 g/mol. The molecule has 1 unspecified atom stereocenters. The van der Waals surface area contributed by atoms with E-state index in [-0.39, 0.29) is 31.1 Å². The Morgan fingerprint density at radius 2 is 0.481 bits per heavy atom. The first kappa shape index (κ1) is 77.1. The molecule has 6 nitrogen and oxygen atoms in total. The molecule has 0 radical (unpaired) electrons. The highest BCUT2D eigenvalue weighted by Gasteiger charge is 2.19. The number of unbranched alkanes of at least 4 members (excludes halogenated alkanes) is 33. The summed E-state index contributed by atoms with van der Waals surface area (Å²) in [7, 11) is 0. The summed E-state index contributed by atoms with van der Waals surface area (Å²) in [6, 6.07) is 0. The Labute approximate surface area is 501 Å². The number of carbonyl (C=O) groups excluding carboxylic acids is 3. The van der Waals surface area contributed by atoms with Crippen molar-refractivity contribution in [3.63, 3.8) is 0 Å². The van der Waals surface area contributed by atoms with Crippen LogP contribution in [0.3, 0.4) is 0 Å². The maximum Gasteiger partial charge on any atom is 0.306 e. The molecule has 0 bridgehead atoms. The molecule has 464 valence electrons. The lowest BCUT2D eigenvalue weighted by Crippen LogP contribution is -2.30. The van der Waals surface area contributed by atoms with Gasteiger partial charge in [0, 0.05) is 19.3 Å². The van der Waals surface area contributed by atoms with Crippen molar-refractivity contribution in [1.82, 2.24) is 0 Å². The fourth-order valence-corrected chi connectivity index (χ4v) is 9.59. The molecule has 0 aliphatic rings. The number of hydrogen-bond donors (Lipinski definition) is 0. The van der Waals surface area contributed by atoms with Crippen molar-refractivity contribution in [3.05, 3.63) is 109 Å². The van der Waals surface area contributed by atoms with Crippen LogP contribution >= 0.6 is 0 Å². The van der Waals surface area contributed by atoms with E-state index in [0.29, 0.717) is 19.3 Å². The highest BCUT2D eigenvalue weighted by Crippen LogP contribution is 2.16. The predicted molar refractivity (Wildman–Crippen MR) is 353 cm³/mol. The molecule has 0 aromatic heterocycles. The summed E-state index contributed by atoms with van der Waals surface area (Å²) in [5.74, 6) is -0.906. The highest BCUT2D eigenvalue weighted by molar-refractivity contribution is 5.71. The van der Waals surface area contributed by atoms with E-state index in [9.17, 15) is 14.4 Å². The van der Waals surface area contributed by atoms with E-state index in [1.165, 1.54) is 161 Å². The second kappa shape index (κ2) is 68.6. The van der Waals surface area contributed by atoms with E-state index in [4.69, 9.17) is 14.2 Å². The van der Waals surface area contributed by atoms with Gasteiger partial charge in [-0.15, -0.1) is 0 Å². The molecule has 0 spiro atoms. The third kappa shape index (κ3) is 66.8. The first-order valence-corrected chi connectivity index (χ1v) is 34.4. The van der Waals surface area contributed by atoms with E-state index < -0.39 is 6.10 Å². The van der Waals surface area contributed by atoms with Gasteiger partial charge in [0.15, 0.2) is 6.10 Å². The summed E-state index contributed by atoms with van der Waals surface area (Å²) >= 11 is 0. The molecule has 81 heavy (non-hydrogen) atoms. The number of rotatable bonds is 62. The van der Waals surface area contributed by atoms with Gasteiger partial charge >= 0.3 is 17.9 Å². The summed E-state index contributed by atoms with van der Waals surface area (Å²) in [6.07, 6.45) is 93.8. The molecule has 0 aromatic rings. The maximum atomic E-state index is 13.0. The second-order valence-corrected chi connectivity index (χ2v) is 22.7. The minimum Gasteiger partial charge on any atom is -0.462 e. The number of esters is 3. The molecule has 0 heterocycles. The Morgan fingerprint density at radius 3 is 0.765 bits per heavy atom. The van der Waals surface area contributed by atoms with Gasteiger partial charge in [-0.25, -0.2) is 0 Å². The monoisotopic (exact) mass is 1120 g/mol. The van der Waals surface area contributed by atoms with Crippen molar-refractivity contribution in [2.75, 3.05) is 13.2 Å². The van der Waals surface area contributed by atoms with Gasteiger partial charge in [0.25, 0.3) is 0 Å². The van der Waals surface area contributed by atoms with Crippen molar-refractivity contribution < 1.29 is 28.6 Å². The van der Waals surface area contributed by atoms with Crippen LogP contribution in [0.25, 0.3) is 0 Å². The van der Waals surface area contributed by atoms with E-state index >= 15 is 0 Å². The first-order chi connectivity index (χ1) is 40.0. The minimum atomic E-state index is -0.797. The largest absolute Gasteiger partial charge is 0.462 e. The zero-order valence-corrected chi connectivity index (χ0v) is 53.3. The summed E-state index contributed by atoms with van der Waals surface area (Å²) in [6.45, 7) is 6.52. The number of hydrogen-bond acceptors (Lipinski definition) is 6. The zero-order valence-electron chi connectivity index (χ0n) is 53.3. The Balaban J connectivity index is 4.44. The molecule has 0 rings (SSSR count). The van der Waals surface area contributed by atoms with E-state index in [1.807, 2.05) is 0 Å². The standard InChI is InChI=1S/C75H128O6/c1-4-7-10-13-16-19-22-25-28-31-34-36-37-39-41-44-47-50-53-56-59-62-65-68-74(77)80-71-72(70-79-73(76)67-64-61-58-55-52-49-46-43-40-33-30-27-24-21-18-15-12-9-6-3)81-75(78)69-66-63-60-57-54-51-48-45-42-38-35-32-29-26-23-20-17-14-11-8-5-2/h8,11,17,20,22,25-27,29-31,34-35,37-39,45,48,72H,4-7,9-10,12-16,18-19,21,23-24,28,32-33,36,40-44,46-47,49-71H2,1-3H3/b11-8-,20-17-,25-22-,29-26-,30-27-,34-31-,38-35-,39-37-,48-45-. The quantitative estimate of drug-likeness (QED) is 0.0261. The normalized spacial score (nSPS) is 12.8. The molecule has 0 amide bonds. The number of carbonyl (C=O) groups is 3. The summed E-state index contributed by atoms with van der Waals surface area (Å²) in [4.78, 5) is 38.5. The molecule has 0 aliphatic heterocycles. The van der Waals surface area contributed by atoms with E-state index in [0.717, 1.165) is 128 Å². The molecule has 0 aliphatic carbocycles. The molecule has 0 N–H and O–H groups in total. The van der Waals surface area contributed by atoms with Crippen molar-refractivity contribution in [2.45, 2.75) is 335 Å². The fourth-order valence-electron chi connectivity index (χ4n) is 9.59. The Kier molecular flexibility index (Phi) is 65.2. The second-order valence-electron chi connectivity index (χ2n) is 22.7. The van der Waals surface area contributed by atoms with Crippen LogP contribution in [0.2, 0.25) is 0 Å². The minimum absolute atomic E-state index is 0.0896. The van der Waals surface area contributed by atoms with Crippen LogP contribution in [0.5, 0.6) is 0 Å². The lowest BCUT2D eigenvalue weighted by Gasteiger charge is -2.18. The summed E-state index contributed by atoms with van der Waals surface area (Å²) < 4.78 is 17.0. The van der Waals surface area contributed by atoms with Gasteiger partial charge < -0.3 is 14.2 Å². The third-order valence-corrected chi connectivity index (χ3v) is 14.7. The third-order valence-electron chi connectivity index (χ3n) is 14.7.